The van der Waals surface area contributed by atoms with E-state index in [1.165, 1.54) is 57.8 Å². The van der Waals surface area contributed by atoms with Crippen molar-refractivity contribution in [3.63, 3.8) is 0 Å². The minimum Gasteiger partial charge on any atom is -0.349 e. The van der Waals surface area contributed by atoms with Gasteiger partial charge in [0.05, 0.1) is 0 Å². The molecule has 0 radical (unpaired) electrons. The maximum atomic E-state index is 12.8. The minimum atomic E-state index is 0.0459. The van der Waals surface area contributed by atoms with Gasteiger partial charge in [0, 0.05) is 31.5 Å². The van der Waals surface area contributed by atoms with Gasteiger partial charge >= 0.3 is 0 Å². The Morgan fingerprint density at radius 1 is 1.04 bits per heavy atom. The van der Waals surface area contributed by atoms with Crippen LogP contribution < -0.4 is 5.32 Å². The molecule has 28 heavy (non-hydrogen) atoms. The third-order valence-electron chi connectivity index (χ3n) is 7.64. The van der Waals surface area contributed by atoms with Gasteiger partial charge in [-0.3, -0.25) is 9.59 Å². The Labute approximate surface area is 171 Å². The van der Waals surface area contributed by atoms with E-state index >= 15 is 0 Å². The molecule has 0 aromatic rings. The Bertz CT molecular complexity index is 533. The number of rotatable bonds is 7. The van der Waals surface area contributed by atoms with E-state index in [0.29, 0.717) is 17.7 Å². The molecule has 1 aliphatic heterocycles. The number of carbonyl (C=O) groups is 2. The molecule has 2 saturated carbocycles. The predicted molar refractivity (Wildman–Crippen MR) is 114 cm³/mol. The van der Waals surface area contributed by atoms with Crippen molar-refractivity contribution in [2.45, 2.75) is 90.0 Å². The highest BCUT2D eigenvalue weighted by Crippen LogP contribution is 2.35. The van der Waals surface area contributed by atoms with Crippen molar-refractivity contribution in [3.8, 4) is 0 Å². The third kappa shape index (κ3) is 5.61. The second kappa shape index (κ2) is 10.5. The summed E-state index contributed by atoms with van der Waals surface area (Å²) in [5.41, 5.74) is 0. The van der Waals surface area contributed by atoms with E-state index in [1.807, 2.05) is 11.0 Å². The van der Waals surface area contributed by atoms with E-state index in [2.05, 4.69) is 18.8 Å². The van der Waals surface area contributed by atoms with E-state index < -0.39 is 0 Å². The van der Waals surface area contributed by atoms with Crippen LogP contribution in [0.25, 0.3) is 0 Å². The minimum absolute atomic E-state index is 0.0459. The van der Waals surface area contributed by atoms with Crippen LogP contribution in [-0.2, 0) is 9.59 Å². The SMILES string of the molecule is C=CC(NC(=O)C1CCN(C(=O)CC2CCCCC2)CC1)C1CCC(CC)C1. The van der Waals surface area contributed by atoms with Gasteiger partial charge in [-0.15, -0.1) is 6.58 Å². The lowest BCUT2D eigenvalue weighted by atomic mass is 9.86. The molecule has 158 valence electrons. The number of hydrogen-bond donors (Lipinski definition) is 1. The molecule has 0 spiro atoms. The van der Waals surface area contributed by atoms with Gasteiger partial charge in [-0.2, -0.15) is 0 Å². The normalized spacial score (nSPS) is 28.1. The Hall–Kier alpha value is -1.32. The summed E-state index contributed by atoms with van der Waals surface area (Å²) >= 11 is 0. The summed E-state index contributed by atoms with van der Waals surface area (Å²) in [5.74, 6) is 2.47. The maximum Gasteiger partial charge on any atom is 0.223 e. The molecule has 4 nitrogen and oxygen atoms in total. The number of nitrogens with one attached hydrogen (secondary N) is 1. The average molecular weight is 389 g/mol. The van der Waals surface area contributed by atoms with Crippen molar-refractivity contribution >= 4 is 11.8 Å². The summed E-state index contributed by atoms with van der Waals surface area (Å²) in [6.07, 6.45) is 15.5. The predicted octanol–water partition coefficient (Wildman–Crippen LogP) is 4.69. The number of carbonyl (C=O) groups excluding carboxylic acids is 2. The lowest BCUT2D eigenvalue weighted by molar-refractivity contribution is -0.136. The Kier molecular flexibility index (Phi) is 7.99. The summed E-state index contributed by atoms with van der Waals surface area (Å²) in [7, 11) is 0. The molecule has 1 N–H and O–H groups in total. The summed E-state index contributed by atoms with van der Waals surface area (Å²) in [5, 5.41) is 3.27. The topological polar surface area (TPSA) is 49.4 Å². The first kappa shape index (κ1) is 21.4. The highest BCUT2D eigenvalue weighted by molar-refractivity contribution is 5.80. The lowest BCUT2D eigenvalue weighted by Crippen LogP contribution is -2.46. The second-order valence-electron chi connectivity index (χ2n) is 9.48. The van der Waals surface area contributed by atoms with Gasteiger partial charge in [-0.25, -0.2) is 0 Å². The van der Waals surface area contributed by atoms with E-state index in [1.54, 1.807) is 0 Å². The number of piperidine rings is 1. The van der Waals surface area contributed by atoms with Crippen LogP contribution in [0.2, 0.25) is 0 Å². The van der Waals surface area contributed by atoms with Gasteiger partial charge in [0.1, 0.15) is 0 Å². The molecule has 0 aromatic carbocycles. The van der Waals surface area contributed by atoms with Gasteiger partial charge < -0.3 is 10.2 Å². The van der Waals surface area contributed by atoms with Crippen LogP contribution in [0.5, 0.6) is 0 Å². The second-order valence-corrected chi connectivity index (χ2v) is 9.48. The molecule has 0 bridgehead atoms. The fraction of sp³-hybridized carbons (Fsp3) is 0.833. The zero-order chi connectivity index (χ0) is 19.9. The fourth-order valence-corrected chi connectivity index (χ4v) is 5.62. The average Bonchev–Trinajstić information content (AvgIpc) is 3.21. The first-order chi connectivity index (χ1) is 13.6. The van der Waals surface area contributed by atoms with Crippen LogP contribution in [0.15, 0.2) is 12.7 Å². The summed E-state index contributed by atoms with van der Waals surface area (Å²) in [6.45, 7) is 7.72. The standard InChI is InChI=1S/C24H40N2O2/c1-3-18-10-11-21(16-18)22(4-2)25-24(28)20-12-14-26(15-13-20)23(27)17-19-8-6-5-7-9-19/h4,18-22H,2-3,5-17H2,1H3,(H,25,28). The van der Waals surface area contributed by atoms with Gasteiger partial charge in [-0.05, 0) is 56.3 Å². The van der Waals surface area contributed by atoms with Gasteiger partial charge in [-0.1, -0.05) is 45.1 Å². The van der Waals surface area contributed by atoms with Gasteiger partial charge in [0.2, 0.25) is 11.8 Å². The molecule has 2 amide bonds. The highest BCUT2D eigenvalue weighted by Gasteiger charge is 2.33. The molecule has 1 heterocycles. The van der Waals surface area contributed by atoms with Crippen molar-refractivity contribution in [3.05, 3.63) is 12.7 Å². The van der Waals surface area contributed by atoms with Crippen molar-refractivity contribution in [2.24, 2.45) is 23.7 Å². The molecule has 3 unspecified atom stereocenters. The Balaban J connectivity index is 1.41. The first-order valence-corrected chi connectivity index (χ1v) is 11.8. The smallest absolute Gasteiger partial charge is 0.223 e. The zero-order valence-electron chi connectivity index (χ0n) is 17.8. The van der Waals surface area contributed by atoms with Crippen LogP contribution in [0.1, 0.15) is 84.0 Å². The molecule has 4 heteroatoms. The van der Waals surface area contributed by atoms with Crippen molar-refractivity contribution in [2.75, 3.05) is 13.1 Å². The molecule has 1 saturated heterocycles. The molecule has 0 aromatic heterocycles. The van der Waals surface area contributed by atoms with Crippen LogP contribution in [-0.4, -0.2) is 35.8 Å². The Morgan fingerprint density at radius 2 is 1.75 bits per heavy atom. The molecule has 3 rings (SSSR count). The van der Waals surface area contributed by atoms with Crippen molar-refractivity contribution in [1.82, 2.24) is 10.2 Å². The number of amides is 2. The molecular formula is C24H40N2O2. The first-order valence-electron chi connectivity index (χ1n) is 11.8. The molecule has 3 aliphatic rings. The van der Waals surface area contributed by atoms with E-state index in [4.69, 9.17) is 0 Å². The number of likely N-dealkylation sites (tertiary alicyclic amines) is 1. The van der Waals surface area contributed by atoms with Crippen LogP contribution in [0.4, 0.5) is 0 Å². The van der Waals surface area contributed by atoms with Gasteiger partial charge in [0.15, 0.2) is 0 Å². The largest absolute Gasteiger partial charge is 0.349 e. The quantitative estimate of drug-likeness (QED) is 0.643. The molecule has 2 aliphatic carbocycles. The number of nitrogens with zero attached hydrogens (tertiary/aromatic N) is 1. The molecule has 3 fully saturated rings. The van der Waals surface area contributed by atoms with E-state index in [9.17, 15) is 9.59 Å². The molecule has 3 atom stereocenters. The number of hydrogen-bond acceptors (Lipinski definition) is 2. The highest BCUT2D eigenvalue weighted by atomic mass is 16.2. The van der Waals surface area contributed by atoms with Crippen molar-refractivity contribution < 1.29 is 9.59 Å². The van der Waals surface area contributed by atoms with Crippen LogP contribution in [0, 0.1) is 23.7 Å². The van der Waals surface area contributed by atoms with Crippen LogP contribution in [0.3, 0.4) is 0 Å². The van der Waals surface area contributed by atoms with Crippen LogP contribution >= 0.6 is 0 Å². The van der Waals surface area contributed by atoms with Gasteiger partial charge in [0.25, 0.3) is 0 Å². The summed E-state index contributed by atoms with van der Waals surface area (Å²) in [4.78, 5) is 27.4. The lowest BCUT2D eigenvalue weighted by Gasteiger charge is -2.34. The maximum absolute atomic E-state index is 12.8. The van der Waals surface area contributed by atoms with E-state index in [0.717, 1.165) is 38.3 Å². The van der Waals surface area contributed by atoms with Crippen molar-refractivity contribution in [1.29, 1.82) is 0 Å². The Morgan fingerprint density at radius 3 is 2.36 bits per heavy atom. The third-order valence-corrected chi connectivity index (χ3v) is 7.64. The monoisotopic (exact) mass is 388 g/mol. The van der Waals surface area contributed by atoms with E-state index in [-0.39, 0.29) is 17.9 Å². The fourth-order valence-electron chi connectivity index (χ4n) is 5.62. The summed E-state index contributed by atoms with van der Waals surface area (Å²) < 4.78 is 0. The molecular weight excluding hydrogens is 348 g/mol. The summed E-state index contributed by atoms with van der Waals surface area (Å²) in [6, 6.07) is 0.106. The zero-order valence-corrected chi connectivity index (χ0v) is 17.8.